The number of hydrogen-bond donors (Lipinski definition) is 0. The van der Waals surface area contributed by atoms with E-state index in [1.54, 1.807) is 22.0 Å². The molecule has 1 saturated heterocycles. The van der Waals surface area contributed by atoms with Gasteiger partial charge in [0.2, 0.25) is 5.91 Å². The molecule has 3 heterocycles. The van der Waals surface area contributed by atoms with Crippen molar-refractivity contribution in [3.8, 4) is 0 Å². The lowest BCUT2D eigenvalue weighted by atomic mass is 10.2. The normalized spacial score (nSPS) is 15.4. The van der Waals surface area contributed by atoms with Crippen molar-refractivity contribution >= 4 is 39.9 Å². The van der Waals surface area contributed by atoms with Gasteiger partial charge in [-0.2, -0.15) is 0 Å². The van der Waals surface area contributed by atoms with Crippen LogP contribution in [0.3, 0.4) is 0 Å². The van der Waals surface area contributed by atoms with Crippen LogP contribution in [0, 0.1) is 0 Å². The lowest BCUT2D eigenvalue weighted by molar-refractivity contribution is -0.133. The monoisotopic (exact) mass is 419 g/mol. The highest BCUT2D eigenvalue weighted by atomic mass is 35.5. The molecule has 4 rings (SSSR count). The zero-order chi connectivity index (χ0) is 19.5. The molecular formula is C20H22ClN3O3S. The van der Waals surface area contributed by atoms with Crippen molar-refractivity contribution in [3.05, 3.63) is 56.2 Å². The molecule has 0 bridgehead atoms. The number of thiophene rings is 1. The largest absolute Gasteiger partial charge is 0.419 e. The lowest BCUT2D eigenvalue weighted by Gasteiger charge is -2.34. The van der Waals surface area contributed by atoms with Gasteiger partial charge in [-0.05, 0) is 30.7 Å². The third-order valence-corrected chi connectivity index (χ3v) is 6.30. The number of aryl methyl sites for hydroxylation is 1. The average Bonchev–Trinajstić information content (AvgIpc) is 3.25. The first-order chi connectivity index (χ1) is 13.6. The second kappa shape index (κ2) is 8.51. The van der Waals surface area contributed by atoms with Crippen LogP contribution in [0.4, 0.5) is 0 Å². The Bertz CT molecular complexity index is 1020. The molecule has 148 valence electrons. The van der Waals surface area contributed by atoms with Gasteiger partial charge in [0, 0.05) is 50.6 Å². The van der Waals surface area contributed by atoms with E-state index in [2.05, 4.69) is 11.0 Å². The van der Waals surface area contributed by atoms with Gasteiger partial charge >= 0.3 is 5.76 Å². The van der Waals surface area contributed by atoms with Crippen LogP contribution in [0.1, 0.15) is 17.7 Å². The third-order valence-electron chi connectivity index (χ3n) is 5.08. The van der Waals surface area contributed by atoms with Crippen molar-refractivity contribution in [2.75, 3.05) is 26.2 Å². The maximum atomic E-state index is 12.5. The Morgan fingerprint density at radius 1 is 1.11 bits per heavy atom. The second-order valence-electron chi connectivity index (χ2n) is 6.95. The van der Waals surface area contributed by atoms with Gasteiger partial charge in [0.15, 0.2) is 5.58 Å². The number of benzene rings is 1. The highest BCUT2D eigenvalue weighted by Gasteiger charge is 2.21. The number of aromatic nitrogens is 1. The van der Waals surface area contributed by atoms with Crippen LogP contribution in [0.15, 0.2) is 45.6 Å². The van der Waals surface area contributed by atoms with Gasteiger partial charge in [-0.3, -0.25) is 14.3 Å². The fourth-order valence-corrected chi connectivity index (χ4v) is 4.71. The standard InChI is InChI=1S/C20H22ClN3O3S/c21-18-8-7-15(28-18)14-22-10-12-23(13-11-22)19(25)6-3-9-24-16-4-1-2-5-17(16)27-20(24)26/h1-2,4-5,7-8H,3,6,9-14H2. The summed E-state index contributed by atoms with van der Waals surface area (Å²) >= 11 is 7.60. The molecule has 1 aromatic carbocycles. The summed E-state index contributed by atoms with van der Waals surface area (Å²) in [5, 5.41) is 0. The molecule has 0 radical (unpaired) electrons. The zero-order valence-electron chi connectivity index (χ0n) is 15.5. The van der Waals surface area contributed by atoms with Gasteiger partial charge < -0.3 is 9.32 Å². The van der Waals surface area contributed by atoms with E-state index in [0.29, 0.717) is 25.0 Å². The Balaban J connectivity index is 1.24. The van der Waals surface area contributed by atoms with Crippen molar-refractivity contribution in [2.45, 2.75) is 25.9 Å². The Morgan fingerprint density at radius 2 is 1.89 bits per heavy atom. The summed E-state index contributed by atoms with van der Waals surface area (Å²) in [4.78, 5) is 30.0. The van der Waals surface area contributed by atoms with E-state index in [0.717, 1.165) is 42.6 Å². The maximum Gasteiger partial charge on any atom is 0.419 e. The minimum absolute atomic E-state index is 0.152. The summed E-state index contributed by atoms with van der Waals surface area (Å²) in [5.74, 6) is -0.212. The molecule has 0 saturated carbocycles. The molecular weight excluding hydrogens is 398 g/mol. The van der Waals surface area contributed by atoms with Crippen LogP contribution in [0.5, 0.6) is 0 Å². The molecule has 0 unspecified atom stereocenters. The van der Waals surface area contributed by atoms with E-state index in [1.807, 2.05) is 29.2 Å². The van der Waals surface area contributed by atoms with Crippen LogP contribution in [-0.2, 0) is 17.9 Å². The molecule has 1 amide bonds. The average molecular weight is 420 g/mol. The summed E-state index contributed by atoms with van der Waals surface area (Å²) in [5.41, 5.74) is 1.37. The fraction of sp³-hybridized carbons (Fsp3) is 0.400. The number of halogens is 1. The van der Waals surface area contributed by atoms with Crippen molar-refractivity contribution in [1.82, 2.24) is 14.4 Å². The van der Waals surface area contributed by atoms with Gasteiger partial charge in [-0.25, -0.2) is 4.79 Å². The lowest BCUT2D eigenvalue weighted by Crippen LogP contribution is -2.48. The fourth-order valence-electron chi connectivity index (χ4n) is 3.58. The van der Waals surface area contributed by atoms with Crippen molar-refractivity contribution in [2.24, 2.45) is 0 Å². The predicted octanol–water partition coefficient (Wildman–Crippen LogP) is 3.43. The number of amides is 1. The maximum absolute atomic E-state index is 12.5. The molecule has 3 aromatic rings. The van der Waals surface area contributed by atoms with Gasteiger partial charge in [0.1, 0.15) is 0 Å². The number of piperazine rings is 1. The van der Waals surface area contributed by atoms with Gasteiger partial charge in [-0.1, -0.05) is 23.7 Å². The number of rotatable bonds is 6. The quantitative estimate of drug-likeness (QED) is 0.614. The van der Waals surface area contributed by atoms with Crippen LogP contribution in [0.2, 0.25) is 4.34 Å². The molecule has 0 atom stereocenters. The first-order valence-electron chi connectivity index (χ1n) is 9.43. The molecule has 0 spiro atoms. The summed E-state index contributed by atoms with van der Waals surface area (Å²) in [6, 6.07) is 11.3. The molecule has 2 aromatic heterocycles. The number of carbonyl (C=O) groups excluding carboxylic acids is 1. The minimum Gasteiger partial charge on any atom is -0.408 e. The first-order valence-corrected chi connectivity index (χ1v) is 10.6. The second-order valence-corrected chi connectivity index (χ2v) is 8.75. The molecule has 1 aliphatic heterocycles. The third kappa shape index (κ3) is 4.32. The zero-order valence-corrected chi connectivity index (χ0v) is 17.0. The molecule has 1 fully saturated rings. The molecule has 28 heavy (non-hydrogen) atoms. The molecule has 0 aliphatic carbocycles. The summed E-state index contributed by atoms with van der Waals surface area (Å²) in [6.45, 7) is 4.59. The van der Waals surface area contributed by atoms with E-state index in [9.17, 15) is 9.59 Å². The van der Waals surface area contributed by atoms with Crippen LogP contribution < -0.4 is 5.76 Å². The number of fused-ring (bicyclic) bond motifs is 1. The molecule has 1 aliphatic rings. The number of hydrogen-bond acceptors (Lipinski definition) is 5. The van der Waals surface area contributed by atoms with E-state index >= 15 is 0 Å². The smallest absolute Gasteiger partial charge is 0.408 e. The predicted molar refractivity (Wildman–Crippen MR) is 111 cm³/mol. The molecule has 6 nitrogen and oxygen atoms in total. The number of para-hydroxylation sites is 2. The Hall–Kier alpha value is -2.09. The highest BCUT2D eigenvalue weighted by Crippen LogP contribution is 2.23. The van der Waals surface area contributed by atoms with E-state index < -0.39 is 0 Å². The van der Waals surface area contributed by atoms with Crippen LogP contribution in [0.25, 0.3) is 11.1 Å². The van der Waals surface area contributed by atoms with Gasteiger partial charge in [-0.15, -0.1) is 11.3 Å². The van der Waals surface area contributed by atoms with Gasteiger partial charge in [0.05, 0.1) is 9.85 Å². The Kier molecular flexibility index (Phi) is 5.85. The van der Waals surface area contributed by atoms with E-state index in [4.69, 9.17) is 16.0 Å². The number of carbonyl (C=O) groups is 1. The highest BCUT2D eigenvalue weighted by molar-refractivity contribution is 7.16. The van der Waals surface area contributed by atoms with Crippen molar-refractivity contribution < 1.29 is 9.21 Å². The van der Waals surface area contributed by atoms with Crippen LogP contribution in [-0.4, -0.2) is 46.5 Å². The molecule has 8 heteroatoms. The van der Waals surface area contributed by atoms with Crippen molar-refractivity contribution in [3.63, 3.8) is 0 Å². The molecule has 0 N–H and O–H groups in total. The Morgan fingerprint density at radius 3 is 2.64 bits per heavy atom. The summed E-state index contributed by atoms with van der Waals surface area (Å²) in [7, 11) is 0. The van der Waals surface area contributed by atoms with Crippen LogP contribution >= 0.6 is 22.9 Å². The summed E-state index contributed by atoms with van der Waals surface area (Å²) < 4.78 is 7.65. The summed E-state index contributed by atoms with van der Waals surface area (Å²) in [6.07, 6.45) is 1.06. The Labute approximate surface area is 171 Å². The van der Waals surface area contributed by atoms with E-state index in [-0.39, 0.29) is 11.7 Å². The van der Waals surface area contributed by atoms with Gasteiger partial charge in [0.25, 0.3) is 0 Å². The SMILES string of the molecule is O=C(CCCn1c(=O)oc2ccccc21)N1CCN(Cc2ccc(Cl)s2)CC1. The van der Waals surface area contributed by atoms with Crippen molar-refractivity contribution in [1.29, 1.82) is 0 Å². The number of oxazole rings is 1. The van der Waals surface area contributed by atoms with E-state index in [1.165, 1.54) is 4.88 Å². The minimum atomic E-state index is -0.365. The first kappa shape index (κ1) is 19.2. The number of nitrogens with zero attached hydrogens (tertiary/aromatic N) is 3. The topological polar surface area (TPSA) is 58.7 Å².